The van der Waals surface area contributed by atoms with Crippen LogP contribution in [0.3, 0.4) is 0 Å². The van der Waals surface area contributed by atoms with E-state index in [4.69, 9.17) is 4.74 Å². The van der Waals surface area contributed by atoms with E-state index in [2.05, 4.69) is 5.32 Å². The Bertz CT molecular complexity index is 75.3. The third kappa shape index (κ3) is 1.50. The van der Waals surface area contributed by atoms with Gasteiger partial charge in [-0.1, -0.05) is 13.8 Å². The van der Waals surface area contributed by atoms with Crippen LogP contribution >= 0.6 is 0 Å². The molecule has 2 rings (SSSR count). The summed E-state index contributed by atoms with van der Waals surface area (Å²) >= 11 is 0. The normalized spacial score (nSPS) is 36.6. The lowest BCUT2D eigenvalue weighted by Crippen LogP contribution is -2.11. The summed E-state index contributed by atoms with van der Waals surface area (Å²) in [6.07, 6.45) is 0. The molecule has 0 aliphatic carbocycles. The fourth-order valence-electron chi connectivity index (χ4n) is 1.55. The molecule has 0 saturated carbocycles. The summed E-state index contributed by atoms with van der Waals surface area (Å²) in [5, 5.41) is 3.34. The molecule has 0 radical (unpaired) electrons. The molecule has 0 spiro atoms. The van der Waals surface area contributed by atoms with E-state index in [0.29, 0.717) is 0 Å². The molecular formula is C8H17NO. The first kappa shape index (κ1) is 8.02. The fraction of sp³-hybridized carbons (Fsp3) is 1.00. The van der Waals surface area contributed by atoms with Gasteiger partial charge in [-0.15, -0.1) is 0 Å². The van der Waals surface area contributed by atoms with E-state index < -0.39 is 0 Å². The molecule has 0 bridgehead atoms. The molecule has 10 heavy (non-hydrogen) atoms. The Labute approximate surface area is 63.0 Å². The van der Waals surface area contributed by atoms with Crippen molar-refractivity contribution in [2.24, 2.45) is 11.8 Å². The van der Waals surface area contributed by atoms with E-state index in [1.165, 1.54) is 13.1 Å². The van der Waals surface area contributed by atoms with Crippen LogP contribution in [0.1, 0.15) is 13.8 Å². The maximum absolute atomic E-state index is 5.27. The van der Waals surface area contributed by atoms with Gasteiger partial charge in [0.25, 0.3) is 0 Å². The van der Waals surface area contributed by atoms with Crippen LogP contribution in [0, 0.1) is 11.8 Å². The maximum atomic E-state index is 5.27. The molecule has 0 unspecified atom stereocenters. The van der Waals surface area contributed by atoms with E-state index in [-0.39, 0.29) is 0 Å². The molecule has 2 saturated heterocycles. The van der Waals surface area contributed by atoms with Crippen molar-refractivity contribution < 1.29 is 4.74 Å². The van der Waals surface area contributed by atoms with Gasteiger partial charge in [0.2, 0.25) is 0 Å². The SMILES string of the molecule is C1NC[C@H]2COC[C@@H]12.CC. The van der Waals surface area contributed by atoms with Crippen molar-refractivity contribution in [3.63, 3.8) is 0 Å². The monoisotopic (exact) mass is 143 g/mol. The number of rotatable bonds is 0. The highest BCUT2D eigenvalue weighted by Gasteiger charge is 2.31. The summed E-state index contributed by atoms with van der Waals surface area (Å²) in [5.74, 6) is 1.69. The van der Waals surface area contributed by atoms with Crippen molar-refractivity contribution >= 4 is 0 Å². The first-order chi connectivity index (χ1) is 4.97. The standard InChI is InChI=1S/C6H11NO.C2H6/c1-5-3-8-4-6(5)2-7-1;1-2/h5-7H,1-4H2;1-2H3/t5-,6+;. The van der Waals surface area contributed by atoms with Crippen molar-refractivity contribution in [2.45, 2.75) is 13.8 Å². The largest absolute Gasteiger partial charge is 0.381 e. The van der Waals surface area contributed by atoms with Gasteiger partial charge in [0.15, 0.2) is 0 Å². The molecular weight excluding hydrogens is 126 g/mol. The molecule has 0 amide bonds. The maximum Gasteiger partial charge on any atom is 0.0510 e. The van der Waals surface area contributed by atoms with E-state index in [1.807, 2.05) is 13.8 Å². The lowest BCUT2D eigenvalue weighted by Gasteiger charge is -1.99. The van der Waals surface area contributed by atoms with E-state index in [1.54, 1.807) is 0 Å². The Morgan fingerprint density at radius 3 is 2.10 bits per heavy atom. The molecule has 2 aliphatic heterocycles. The summed E-state index contributed by atoms with van der Waals surface area (Å²) in [5.41, 5.74) is 0. The van der Waals surface area contributed by atoms with Gasteiger partial charge in [0.05, 0.1) is 13.2 Å². The van der Waals surface area contributed by atoms with Gasteiger partial charge in [0, 0.05) is 24.9 Å². The molecule has 0 aromatic carbocycles. The minimum atomic E-state index is 0.843. The minimum Gasteiger partial charge on any atom is -0.381 e. The van der Waals surface area contributed by atoms with E-state index in [0.717, 1.165) is 25.0 Å². The third-order valence-corrected chi connectivity index (χ3v) is 2.14. The zero-order valence-electron chi connectivity index (χ0n) is 6.89. The first-order valence-electron chi connectivity index (χ1n) is 4.25. The molecule has 1 N–H and O–H groups in total. The van der Waals surface area contributed by atoms with Crippen LogP contribution in [0.4, 0.5) is 0 Å². The highest BCUT2D eigenvalue weighted by Crippen LogP contribution is 2.22. The second-order valence-electron chi connectivity index (χ2n) is 2.72. The molecule has 2 fully saturated rings. The van der Waals surface area contributed by atoms with Gasteiger partial charge in [-0.25, -0.2) is 0 Å². The Morgan fingerprint density at radius 2 is 1.60 bits per heavy atom. The van der Waals surface area contributed by atoms with E-state index >= 15 is 0 Å². The molecule has 0 aromatic rings. The predicted molar refractivity (Wildman–Crippen MR) is 42.0 cm³/mol. The lowest BCUT2D eigenvalue weighted by atomic mass is 10.0. The summed E-state index contributed by atoms with van der Waals surface area (Å²) in [7, 11) is 0. The van der Waals surface area contributed by atoms with Crippen molar-refractivity contribution in [1.29, 1.82) is 0 Å². The second kappa shape index (κ2) is 3.94. The van der Waals surface area contributed by atoms with E-state index in [9.17, 15) is 0 Å². The Morgan fingerprint density at radius 1 is 1.10 bits per heavy atom. The fourth-order valence-corrected chi connectivity index (χ4v) is 1.55. The number of fused-ring (bicyclic) bond motifs is 1. The first-order valence-corrected chi connectivity index (χ1v) is 4.25. The molecule has 2 heterocycles. The van der Waals surface area contributed by atoms with Crippen molar-refractivity contribution in [2.75, 3.05) is 26.3 Å². The number of nitrogens with one attached hydrogen (secondary N) is 1. The number of ether oxygens (including phenoxy) is 1. The average molecular weight is 143 g/mol. The minimum absolute atomic E-state index is 0.843. The second-order valence-corrected chi connectivity index (χ2v) is 2.72. The van der Waals surface area contributed by atoms with Crippen molar-refractivity contribution in [1.82, 2.24) is 5.32 Å². The smallest absolute Gasteiger partial charge is 0.0510 e. The summed E-state index contributed by atoms with van der Waals surface area (Å²) < 4.78 is 5.27. The zero-order valence-corrected chi connectivity index (χ0v) is 6.89. The summed E-state index contributed by atoms with van der Waals surface area (Å²) in [6, 6.07) is 0. The zero-order chi connectivity index (χ0) is 7.40. The topological polar surface area (TPSA) is 21.3 Å². The Balaban J connectivity index is 0.000000231. The van der Waals surface area contributed by atoms with Crippen LogP contribution in [-0.2, 0) is 4.74 Å². The third-order valence-electron chi connectivity index (χ3n) is 2.14. The molecule has 2 aliphatic rings. The lowest BCUT2D eigenvalue weighted by molar-refractivity contribution is 0.175. The highest BCUT2D eigenvalue weighted by atomic mass is 16.5. The Hall–Kier alpha value is -0.0800. The van der Waals surface area contributed by atoms with Crippen LogP contribution in [0.2, 0.25) is 0 Å². The predicted octanol–water partition coefficient (Wildman–Crippen LogP) is 0.878. The van der Waals surface area contributed by atoms with Crippen molar-refractivity contribution in [3.8, 4) is 0 Å². The molecule has 2 nitrogen and oxygen atoms in total. The average Bonchev–Trinajstić information content (AvgIpc) is 2.49. The summed E-state index contributed by atoms with van der Waals surface area (Å²) in [6.45, 7) is 8.37. The van der Waals surface area contributed by atoms with Gasteiger partial charge in [-0.3, -0.25) is 0 Å². The van der Waals surface area contributed by atoms with Crippen molar-refractivity contribution in [3.05, 3.63) is 0 Å². The molecule has 0 aromatic heterocycles. The molecule has 2 heteroatoms. The van der Waals surface area contributed by atoms with Gasteiger partial charge < -0.3 is 10.1 Å². The van der Waals surface area contributed by atoms with Gasteiger partial charge >= 0.3 is 0 Å². The van der Waals surface area contributed by atoms with Crippen LogP contribution in [0.5, 0.6) is 0 Å². The highest BCUT2D eigenvalue weighted by molar-refractivity contribution is 4.84. The van der Waals surface area contributed by atoms with Crippen LogP contribution in [0.15, 0.2) is 0 Å². The Kier molecular flexibility index (Phi) is 3.16. The quantitative estimate of drug-likeness (QED) is 0.543. The van der Waals surface area contributed by atoms with Gasteiger partial charge in [-0.2, -0.15) is 0 Å². The van der Waals surface area contributed by atoms with Gasteiger partial charge in [-0.05, 0) is 0 Å². The van der Waals surface area contributed by atoms with Crippen LogP contribution in [0.25, 0.3) is 0 Å². The summed E-state index contributed by atoms with van der Waals surface area (Å²) in [4.78, 5) is 0. The van der Waals surface area contributed by atoms with Crippen LogP contribution in [-0.4, -0.2) is 26.3 Å². The number of hydrogen-bond acceptors (Lipinski definition) is 2. The number of hydrogen-bond donors (Lipinski definition) is 1. The molecule has 60 valence electrons. The molecule has 2 atom stereocenters. The van der Waals surface area contributed by atoms with Crippen LogP contribution < -0.4 is 5.32 Å². The van der Waals surface area contributed by atoms with Gasteiger partial charge in [0.1, 0.15) is 0 Å².